The first-order valence-corrected chi connectivity index (χ1v) is 6.67. The number of ether oxygens (including phenoxy) is 1. The van der Waals surface area contributed by atoms with E-state index < -0.39 is 0 Å². The van der Waals surface area contributed by atoms with Gasteiger partial charge in [0.05, 0.1) is 12.7 Å². The second-order valence-electron chi connectivity index (χ2n) is 3.67. The molecule has 1 aromatic carbocycles. The summed E-state index contributed by atoms with van der Waals surface area (Å²) in [7, 11) is 2.12. The van der Waals surface area contributed by atoms with Crippen molar-refractivity contribution < 1.29 is 4.74 Å². The number of hydrogen-bond donors (Lipinski definition) is 0. The van der Waals surface area contributed by atoms with Crippen LogP contribution in [0.4, 0.5) is 0 Å². The maximum atomic E-state index is 5.19. The van der Waals surface area contributed by atoms with Crippen molar-refractivity contribution >= 4 is 27.9 Å². The number of hydrogen-bond acceptors (Lipinski definition) is 3. The van der Waals surface area contributed by atoms with E-state index in [1.165, 1.54) is 5.56 Å². The van der Waals surface area contributed by atoms with Crippen molar-refractivity contribution in [1.82, 2.24) is 4.31 Å². The second kappa shape index (κ2) is 5.34. The van der Waals surface area contributed by atoms with Gasteiger partial charge >= 0.3 is 0 Å². The summed E-state index contributed by atoms with van der Waals surface area (Å²) in [4.78, 5) is 0. The lowest BCUT2D eigenvalue weighted by Gasteiger charge is -2.13. The van der Waals surface area contributed by atoms with Gasteiger partial charge in [-0.1, -0.05) is 40.0 Å². The number of halogens is 1. The van der Waals surface area contributed by atoms with Crippen LogP contribution in [-0.4, -0.2) is 30.6 Å². The van der Waals surface area contributed by atoms with Crippen molar-refractivity contribution in [2.45, 2.75) is 11.9 Å². The smallest absolute Gasteiger partial charge is 0.0945 e. The van der Waals surface area contributed by atoms with E-state index in [9.17, 15) is 0 Å². The summed E-state index contributed by atoms with van der Waals surface area (Å²) >= 11 is 5.32. The Labute approximate surface area is 103 Å². The molecule has 0 aliphatic carbocycles. The molecule has 1 atom stereocenters. The fraction of sp³-hybridized carbons (Fsp3) is 0.455. The van der Waals surface area contributed by atoms with Gasteiger partial charge in [-0.25, -0.2) is 0 Å². The monoisotopic (exact) mass is 287 g/mol. The lowest BCUT2D eigenvalue weighted by molar-refractivity contribution is 0.373. The molecule has 1 saturated heterocycles. The van der Waals surface area contributed by atoms with Gasteiger partial charge in [-0.2, -0.15) is 0 Å². The van der Waals surface area contributed by atoms with Crippen LogP contribution in [0, 0.1) is 0 Å². The number of epoxide rings is 1. The first-order valence-electron chi connectivity index (χ1n) is 4.94. The van der Waals surface area contributed by atoms with E-state index in [0.717, 1.165) is 23.4 Å². The van der Waals surface area contributed by atoms with Gasteiger partial charge in [-0.05, 0) is 24.7 Å². The fourth-order valence-corrected chi connectivity index (χ4v) is 2.59. The summed E-state index contributed by atoms with van der Waals surface area (Å²) < 4.78 is 8.58. The molecule has 0 saturated carbocycles. The van der Waals surface area contributed by atoms with E-state index in [-0.39, 0.29) is 0 Å². The highest BCUT2D eigenvalue weighted by atomic mass is 79.9. The molecule has 1 fully saturated rings. The van der Waals surface area contributed by atoms with Crippen LogP contribution < -0.4 is 0 Å². The van der Waals surface area contributed by atoms with E-state index >= 15 is 0 Å². The zero-order valence-corrected chi connectivity index (χ0v) is 11.1. The largest absolute Gasteiger partial charge is 0.372 e. The van der Waals surface area contributed by atoms with Crippen LogP contribution in [-0.2, 0) is 10.5 Å². The third-order valence-corrected chi connectivity index (χ3v) is 3.75. The molecule has 1 aliphatic heterocycles. The topological polar surface area (TPSA) is 15.8 Å². The van der Waals surface area contributed by atoms with Crippen LogP contribution in [0.25, 0.3) is 0 Å². The van der Waals surface area contributed by atoms with Gasteiger partial charge in [0.2, 0.25) is 0 Å². The lowest BCUT2D eigenvalue weighted by Crippen LogP contribution is -2.15. The highest BCUT2D eigenvalue weighted by Gasteiger charge is 2.23. The normalized spacial score (nSPS) is 19.5. The highest BCUT2D eigenvalue weighted by Crippen LogP contribution is 2.21. The molecule has 0 bridgehead atoms. The van der Waals surface area contributed by atoms with Gasteiger partial charge in [0.15, 0.2) is 0 Å². The minimum atomic E-state index is 0.477. The molecular formula is C11H14BrNOS. The minimum Gasteiger partial charge on any atom is -0.372 e. The quantitative estimate of drug-likeness (QED) is 0.612. The molecule has 0 unspecified atom stereocenters. The SMILES string of the molecule is CN(C[C@H]1CO1)SCc1cccc(Br)c1. The van der Waals surface area contributed by atoms with E-state index in [1.54, 1.807) is 0 Å². The Kier molecular flexibility index (Phi) is 4.08. The Hall–Kier alpha value is -0.0300. The molecule has 1 aliphatic rings. The van der Waals surface area contributed by atoms with Gasteiger partial charge in [0.1, 0.15) is 0 Å². The second-order valence-corrected chi connectivity index (χ2v) is 5.76. The van der Waals surface area contributed by atoms with Crippen LogP contribution in [0.15, 0.2) is 28.7 Å². The summed E-state index contributed by atoms with van der Waals surface area (Å²) in [6.07, 6.45) is 0.477. The lowest BCUT2D eigenvalue weighted by atomic mass is 10.2. The molecule has 0 spiro atoms. The van der Waals surface area contributed by atoms with Crippen molar-refractivity contribution in [3.05, 3.63) is 34.3 Å². The summed E-state index contributed by atoms with van der Waals surface area (Å²) in [5.41, 5.74) is 1.35. The zero-order chi connectivity index (χ0) is 10.7. The van der Waals surface area contributed by atoms with Crippen LogP contribution in [0.2, 0.25) is 0 Å². The predicted octanol–water partition coefficient (Wildman–Crippen LogP) is 2.93. The number of benzene rings is 1. The van der Waals surface area contributed by atoms with Crippen molar-refractivity contribution in [1.29, 1.82) is 0 Å². The average Bonchev–Trinajstić information content (AvgIpc) is 2.99. The zero-order valence-electron chi connectivity index (χ0n) is 8.65. The molecule has 0 aromatic heterocycles. The average molecular weight is 288 g/mol. The molecular weight excluding hydrogens is 274 g/mol. The van der Waals surface area contributed by atoms with Gasteiger partial charge in [-0.3, -0.25) is 4.31 Å². The number of likely N-dealkylation sites (N-methyl/N-ethyl adjacent to an activating group) is 1. The highest BCUT2D eigenvalue weighted by molar-refractivity contribution is 9.10. The maximum absolute atomic E-state index is 5.19. The Morgan fingerprint density at radius 3 is 3.07 bits per heavy atom. The summed E-state index contributed by atoms with van der Waals surface area (Å²) in [5.74, 6) is 1.02. The Balaban J connectivity index is 1.76. The summed E-state index contributed by atoms with van der Waals surface area (Å²) in [5, 5.41) is 0. The molecule has 82 valence electrons. The van der Waals surface area contributed by atoms with E-state index in [2.05, 4.69) is 51.5 Å². The summed E-state index contributed by atoms with van der Waals surface area (Å²) in [6, 6.07) is 8.44. The van der Waals surface area contributed by atoms with Gasteiger partial charge in [0, 0.05) is 16.8 Å². The van der Waals surface area contributed by atoms with Crippen LogP contribution in [0.1, 0.15) is 5.56 Å². The molecule has 0 radical (unpaired) electrons. The van der Waals surface area contributed by atoms with Gasteiger partial charge in [0.25, 0.3) is 0 Å². The van der Waals surface area contributed by atoms with E-state index in [1.807, 2.05) is 11.9 Å². The fourth-order valence-electron chi connectivity index (χ4n) is 1.32. The Morgan fingerprint density at radius 1 is 1.60 bits per heavy atom. The minimum absolute atomic E-state index is 0.477. The summed E-state index contributed by atoms with van der Waals surface area (Å²) in [6.45, 7) is 1.96. The Bertz CT molecular complexity index is 330. The first kappa shape index (κ1) is 11.5. The van der Waals surface area contributed by atoms with E-state index in [4.69, 9.17) is 4.74 Å². The van der Waals surface area contributed by atoms with Crippen LogP contribution in [0.3, 0.4) is 0 Å². The molecule has 2 nitrogen and oxygen atoms in total. The number of rotatable bonds is 5. The number of nitrogens with zero attached hydrogens (tertiary/aromatic N) is 1. The Morgan fingerprint density at radius 2 is 2.40 bits per heavy atom. The van der Waals surface area contributed by atoms with Gasteiger partial charge in [-0.15, -0.1) is 0 Å². The van der Waals surface area contributed by atoms with Crippen molar-refractivity contribution in [3.63, 3.8) is 0 Å². The molecule has 15 heavy (non-hydrogen) atoms. The molecule has 2 rings (SSSR count). The van der Waals surface area contributed by atoms with Crippen LogP contribution >= 0.6 is 27.9 Å². The third-order valence-electron chi connectivity index (χ3n) is 2.20. The molecule has 1 aromatic rings. The predicted molar refractivity (Wildman–Crippen MR) is 67.8 cm³/mol. The van der Waals surface area contributed by atoms with E-state index in [0.29, 0.717) is 6.10 Å². The first-order chi connectivity index (χ1) is 7.24. The molecule has 4 heteroatoms. The third kappa shape index (κ3) is 4.15. The maximum Gasteiger partial charge on any atom is 0.0945 e. The molecule has 0 N–H and O–H groups in total. The van der Waals surface area contributed by atoms with Crippen molar-refractivity contribution in [2.75, 3.05) is 20.2 Å². The molecule has 0 amide bonds. The van der Waals surface area contributed by atoms with Gasteiger partial charge < -0.3 is 4.74 Å². The van der Waals surface area contributed by atoms with Crippen molar-refractivity contribution in [2.24, 2.45) is 0 Å². The van der Waals surface area contributed by atoms with Crippen LogP contribution in [0.5, 0.6) is 0 Å². The van der Waals surface area contributed by atoms with Crippen molar-refractivity contribution in [3.8, 4) is 0 Å². The standard InChI is InChI=1S/C11H14BrNOS/c1-13(6-11-7-14-11)15-8-9-3-2-4-10(12)5-9/h2-5,11H,6-8H2,1H3/t11-/m0/s1. The molecule has 1 heterocycles.